The quantitative estimate of drug-likeness (QED) is 0.744. The van der Waals surface area contributed by atoms with Crippen LogP contribution in [0.1, 0.15) is 37.3 Å². The summed E-state index contributed by atoms with van der Waals surface area (Å²) >= 11 is 0. The van der Waals surface area contributed by atoms with Crippen LogP contribution in [0.25, 0.3) is 0 Å². The fourth-order valence-electron chi connectivity index (χ4n) is 2.74. The van der Waals surface area contributed by atoms with E-state index in [1.807, 2.05) is 18.7 Å². The van der Waals surface area contributed by atoms with Crippen LogP contribution < -0.4 is 5.32 Å². The van der Waals surface area contributed by atoms with E-state index in [1.165, 1.54) is 31.2 Å². The zero-order chi connectivity index (χ0) is 13.6. The van der Waals surface area contributed by atoms with Gasteiger partial charge in [-0.05, 0) is 43.7 Å². The summed E-state index contributed by atoms with van der Waals surface area (Å²) in [5.74, 6) is 0.853. The van der Waals surface area contributed by atoms with Crippen LogP contribution in [0.4, 0.5) is 0 Å². The van der Waals surface area contributed by atoms with Crippen molar-refractivity contribution < 1.29 is 0 Å². The van der Waals surface area contributed by atoms with Gasteiger partial charge in [0.05, 0.1) is 6.33 Å². The minimum atomic E-state index is 0.560. The van der Waals surface area contributed by atoms with Crippen molar-refractivity contribution in [1.82, 2.24) is 14.9 Å². The Labute approximate surface area is 121 Å². The number of benzene rings is 1. The van der Waals surface area contributed by atoms with Gasteiger partial charge in [-0.3, -0.25) is 0 Å². The van der Waals surface area contributed by atoms with Crippen molar-refractivity contribution in [2.45, 2.75) is 38.3 Å². The van der Waals surface area contributed by atoms with E-state index in [9.17, 15) is 0 Å². The van der Waals surface area contributed by atoms with Gasteiger partial charge in [-0.25, -0.2) is 4.98 Å². The van der Waals surface area contributed by atoms with Gasteiger partial charge >= 0.3 is 0 Å². The van der Waals surface area contributed by atoms with Gasteiger partial charge in [0.1, 0.15) is 0 Å². The van der Waals surface area contributed by atoms with E-state index in [1.54, 1.807) is 0 Å². The van der Waals surface area contributed by atoms with Gasteiger partial charge in [0.2, 0.25) is 0 Å². The van der Waals surface area contributed by atoms with Gasteiger partial charge in [0, 0.05) is 25.0 Å². The molecule has 1 aliphatic rings. The Morgan fingerprint density at radius 2 is 2.05 bits per heavy atom. The fraction of sp³-hybridized carbons (Fsp3) is 0.471. The SMILES string of the molecule is c1ccc(C(NCCCCn2ccnc2)C2CC2)cc1. The minimum Gasteiger partial charge on any atom is -0.337 e. The summed E-state index contributed by atoms with van der Waals surface area (Å²) in [5, 5.41) is 3.75. The zero-order valence-corrected chi connectivity index (χ0v) is 11.9. The molecule has 3 nitrogen and oxygen atoms in total. The predicted octanol–water partition coefficient (Wildman–Crippen LogP) is 3.40. The maximum atomic E-state index is 4.07. The molecular weight excluding hydrogens is 246 g/mol. The number of rotatable bonds is 8. The number of imidazole rings is 1. The van der Waals surface area contributed by atoms with E-state index in [-0.39, 0.29) is 0 Å². The first kappa shape index (κ1) is 13.4. The van der Waals surface area contributed by atoms with Gasteiger partial charge in [-0.15, -0.1) is 0 Å². The highest BCUT2D eigenvalue weighted by atomic mass is 15.0. The van der Waals surface area contributed by atoms with Gasteiger partial charge in [0.25, 0.3) is 0 Å². The molecule has 106 valence electrons. The number of hydrogen-bond acceptors (Lipinski definition) is 2. The maximum Gasteiger partial charge on any atom is 0.0945 e. The molecule has 1 aromatic carbocycles. The van der Waals surface area contributed by atoms with Gasteiger partial charge in [0.15, 0.2) is 0 Å². The molecule has 1 aromatic heterocycles. The monoisotopic (exact) mass is 269 g/mol. The molecule has 1 N–H and O–H groups in total. The Hall–Kier alpha value is -1.61. The molecule has 1 atom stereocenters. The van der Waals surface area contributed by atoms with Crippen molar-refractivity contribution in [2.75, 3.05) is 6.54 Å². The Morgan fingerprint density at radius 1 is 1.20 bits per heavy atom. The first-order valence-corrected chi connectivity index (χ1v) is 7.67. The number of aryl methyl sites for hydroxylation is 1. The van der Waals surface area contributed by atoms with E-state index in [2.05, 4.69) is 45.2 Å². The van der Waals surface area contributed by atoms with E-state index in [0.29, 0.717) is 6.04 Å². The topological polar surface area (TPSA) is 29.9 Å². The maximum absolute atomic E-state index is 4.07. The molecule has 0 amide bonds. The molecule has 2 aromatic rings. The molecule has 1 aliphatic carbocycles. The lowest BCUT2D eigenvalue weighted by atomic mass is 10.0. The summed E-state index contributed by atoms with van der Waals surface area (Å²) < 4.78 is 2.15. The second-order valence-electron chi connectivity index (χ2n) is 5.69. The molecule has 0 spiro atoms. The van der Waals surface area contributed by atoms with Crippen molar-refractivity contribution in [3.8, 4) is 0 Å². The first-order valence-electron chi connectivity index (χ1n) is 7.67. The fourth-order valence-corrected chi connectivity index (χ4v) is 2.74. The summed E-state index contributed by atoms with van der Waals surface area (Å²) in [5.41, 5.74) is 1.45. The highest BCUT2D eigenvalue weighted by Crippen LogP contribution is 2.40. The molecule has 1 fully saturated rings. The van der Waals surface area contributed by atoms with E-state index in [0.717, 1.165) is 19.0 Å². The number of nitrogens with zero attached hydrogens (tertiary/aromatic N) is 2. The molecule has 3 heteroatoms. The van der Waals surface area contributed by atoms with Crippen LogP contribution in [0.5, 0.6) is 0 Å². The van der Waals surface area contributed by atoms with Crippen LogP contribution in [0, 0.1) is 5.92 Å². The van der Waals surface area contributed by atoms with Crippen LogP contribution in [0.2, 0.25) is 0 Å². The molecule has 0 saturated heterocycles. The number of aromatic nitrogens is 2. The summed E-state index contributed by atoms with van der Waals surface area (Å²) in [4.78, 5) is 4.07. The Balaban J connectivity index is 1.42. The summed E-state index contributed by atoms with van der Waals surface area (Å²) in [6, 6.07) is 11.4. The highest BCUT2D eigenvalue weighted by Gasteiger charge is 2.31. The molecule has 1 saturated carbocycles. The minimum absolute atomic E-state index is 0.560. The smallest absolute Gasteiger partial charge is 0.0945 e. The zero-order valence-electron chi connectivity index (χ0n) is 11.9. The standard InChI is InChI=1S/C17H23N3/c1-2-6-15(7-3-1)17(16-8-9-16)19-10-4-5-12-20-13-11-18-14-20/h1-3,6-7,11,13-14,16-17,19H,4-5,8-10,12H2. The van der Waals surface area contributed by atoms with Gasteiger partial charge < -0.3 is 9.88 Å². The summed E-state index contributed by atoms with van der Waals surface area (Å²) in [7, 11) is 0. The van der Waals surface area contributed by atoms with E-state index < -0.39 is 0 Å². The normalized spacial score (nSPS) is 16.2. The largest absolute Gasteiger partial charge is 0.337 e. The molecule has 3 rings (SSSR count). The lowest BCUT2D eigenvalue weighted by Crippen LogP contribution is -2.24. The number of hydrogen-bond donors (Lipinski definition) is 1. The van der Waals surface area contributed by atoms with Crippen LogP contribution in [-0.2, 0) is 6.54 Å². The van der Waals surface area contributed by atoms with Crippen molar-refractivity contribution in [1.29, 1.82) is 0 Å². The Bertz CT molecular complexity index is 488. The van der Waals surface area contributed by atoms with E-state index >= 15 is 0 Å². The molecule has 1 unspecified atom stereocenters. The Morgan fingerprint density at radius 3 is 2.75 bits per heavy atom. The molecule has 0 bridgehead atoms. The summed E-state index contributed by atoms with van der Waals surface area (Å²) in [6.45, 7) is 2.17. The molecule has 0 radical (unpaired) electrons. The average Bonchev–Trinajstić information content (AvgIpc) is 3.19. The molecule has 20 heavy (non-hydrogen) atoms. The van der Waals surface area contributed by atoms with Crippen LogP contribution in [-0.4, -0.2) is 16.1 Å². The van der Waals surface area contributed by atoms with Crippen LogP contribution in [0.3, 0.4) is 0 Å². The Kier molecular flexibility index (Phi) is 4.49. The summed E-state index contributed by atoms with van der Waals surface area (Å²) in [6.07, 6.45) is 10.9. The van der Waals surface area contributed by atoms with Crippen LogP contribution in [0.15, 0.2) is 49.1 Å². The lowest BCUT2D eigenvalue weighted by Gasteiger charge is -2.18. The van der Waals surface area contributed by atoms with Crippen molar-refractivity contribution in [3.05, 3.63) is 54.6 Å². The van der Waals surface area contributed by atoms with Crippen molar-refractivity contribution in [3.63, 3.8) is 0 Å². The molecular formula is C17H23N3. The first-order chi connectivity index (χ1) is 9.93. The van der Waals surface area contributed by atoms with E-state index in [4.69, 9.17) is 0 Å². The van der Waals surface area contributed by atoms with Gasteiger partial charge in [-0.1, -0.05) is 30.3 Å². The predicted molar refractivity (Wildman–Crippen MR) is 81.4 cm³/mol. The second-order valence-corrected chi connectivity index (χ2v) is 5.69. The van der Waals surface area contributed by atoms with Crippen molar-refractivity contribution >= 4 is 0 Å². The van der Waals surface area contributed by atoms with Gasteiger partial charge in [-0.2, -0.15) is 0 Å². The van der Waals surface area contributed by atoms with Crippen LogP contribution >= 0.6 is 0 Å². The third kappa shape index (κ3) is 3.70. The molecule has 1 heterocycles. The molecule has 0 aliphatic heterocycles. The third-order valence-electron chi connectivity index (χ3n) is 4.02. The highest BCUT2D eigenvalue weighted by molar-refractivity contribution is 5.21. The average molecular weight is 269 g/mol. The second kappa shape index (κ2) is 6.71. The lowest BCUT2D eigenvalue weighted by molar-refractivity contribution is 0.462. The third-order valence-corrected chi connectivity index (χ3v) is 4.02. The van der Waals surface area contributed by atoms with Crippen molar-refractivity contribution in [2.24, 2.45) is 5.92 Å². The number of nitrogens with one attached hydrogen (secondary N) is 1. The number of unbranched alkanes of at least 4 members (excludes halogenated alkanes) is 1.